The summed E-state index contributed by atoms with van der Waals surface area (Å²) in [4.78, 5) is 4.80. The normalized spacial score (nSPS) is 22.4. The fraction of sp³-hybridized carbons (Fsp3) is 0.909. The van der Waals surface area contributed by atoms with Crippen LogP contribution in [0.1, 0.15) is 32.6 Å². The number of likely N-dealkylation sites (tertiary alicyclic amines) is 1. The Bertz CT molecular complexity index is 211. The number of rotatable bonds is 5. The van der Waals surface area contributed by atoms with E-state index in [1.165, 1.54) is 25.8 Å². The number of hydrogen-bond donors (Lipinski definition) is 1. The second-order valence-corrected chi connectivity index (χ2v) is 4.40. The van der Waals surface area contributed by atoms with Gasteiger partial charge in [-0.05, 0) is 25.8 Å². The van der Waals surface area contributed by atoms with Crippen molar-refractivity contribution in [1.29, 1.82) is 5.41 Å². The van der Waals surface area contributed by atoms with E-state index in [2.05, 4.69) is 16.7 Å². The largest absolute Gasteiger partial charge is 0.359 e. The maximum absolute atomic E-state index is 7.74. The Morgan fingerprint density at radius 3 is 2.79 bits per heavy atom. The van der Waals surface area contributed by atoms with Gasteiger partial charge in [0.1, 0.15) is 0 Å². The van der Waals surface area contributed by atoms with E-state index < -0.39 is 0 Å². The molecule has 1 N–H and O–H groups in total. The van der Waals surface area contributed by atoms with Gasteiger partial charge in [0.15, 0.2) is 0 Å². The number of likely N-dealkylation sites (N-methyl/N-ethyl adjacent to an activating group) is 1. The molecule has 0 aromatic rings. The zero-order valence-corrected chi connectivity index (χ0v) is 9.13. The molecule has 0 radical (unpaired) electrons. The molecule has 2 rings (SSSR count). The zero-order chi connectivity index (χ0) is 9.97. The van der Waals surface area contributed by atoms with Gasteiger partial charge in [0.2, 0.25) is 0 Å². The van der Waals surface area contributed by atoms with Gasteiger partial charge in [-0.1, -0.05) is 6.92 Å². The molecular formula is C11H21N3. The van der Waals surface area contributed by atoms with Crippen molar-refractivity contribution in [2.45, 2.75) is 38.6 Å². The van der Waals surface area contributed by atoms with E-state index in [-0.39, 0.29) is 0 Å². The van der Waals surface area contributed by atoms with E-state index in [1.807, 2.05) is 0 Å². The van der Waals surface area contributed by atoms with Crippen LogP contribution in [0.25, 0.3) is 0 Å². The van der Waals surface area contributed by atoms with E-state index >= 15 is 0 Å². The molecule has 2 fully saturated rings. The lowest BCUT2D eigenvalue weighted by Gasteiger charge is -2.24. The third-order valence-electron chi connectivity index (χ3n) is 3.35. The standard InChI is InChI=1S/C11H21N3/c1-2-13(10-5-6-10)8-9-14-7-3-4-11(14)12/h10,12H,2-9H2,1H3. The molecule has 0 bridgehead atoms. The van der Waals surface area contributed by atoms with Crippen LogP contribution in [-0.4, -0.2) is 47.9 Å². The maximum atomic E-state index is 7.74. The first-order valence-electron chi connectivity index (χ1n) is 5.87. The van der Waals surface area contributed by atoms with Crippen molar-refractivity contribution >= 4 is 5.84 Å². The van der Waals surface area contributed by atoms with Crippen molar-refractivity contribution in [3.63, 3.8) is 0 Å². The average molecular weight is 195 g/mol. The maximum Gasteiger partial charge on any atom is 0.0958 e. The Morgan fingerprint density at radius 2 is 2.29 bits per heavy atom. The topological polar surface area (TPSA) is 30.3 Å². The Hall–Kier alpha value is -0.570. The van der Waals surface area contributed by atoms with Crippen LogP contribution in [0.2, 0.25) is 0 Å². The molecule has 1 aliphatic heterocycles. The van der Waals surface area contributed by atoms with Crippen molar-refractivity contribution in [2.24, 2.45) is 0 Å². The van der Waals surface area contributed by atoms with Gasteiger partial charge >= 0.3 is 0 Å². The van der Waals surface area contributed by atoms with Crippen LogP contribution >= 0.6 is 0 Å². The lowest BCUT2D eigenvalue weighted by molar-refractivity contribution is 0.252. The average Bonchev–Trinajstić information content (AvgIpc) is 2.93. The molecule has 80 valence electrons. The smallest absolute Gasteiger partial charge is 0.0958 e. The van der Waals surface area contributed by atoms with E-state index in [0.29, 0.717) is 0 Å². The summed E-state index contributed by atoms with van der Waals surface area (Å²) in [5, 5.41) is 7.74. The Balaban J connectivity index is 1.72. The van der Waals surface area contributed by atoms with Crippen molar-refractivity contribution in [1.82, 2.24) is 9.80 Å². The molecule has 0 aromatic heterocycles. The fourth-order valence-electron chi connectivity index (χ4n) is 2.26. The number of nitrogens with one attached hydrogen (secondary N) is 1. The number of hydrogen-bond acceptors (Lipinski definition) is 2. The Morgan fingerprint density at radius 1 is 1.50 bits per heavy atom. The summed E-state index contributed by atoms with van der Waals surface area (Å²) in [6.07, 6.45) is 4.97. The highest BCUT2D eigenvalue weighted by Gasteiger charge is 2.28. The zero-order valence-electron chi connectivity index (χ0n) is 9.13. The molecule has 1 heterocycles. The molecule has 14 heavy (non-hydrogen) atoms. The van der Waals surface area contributed by atoms with Gasteiger partial charge < -0.3 is 4.90 Å². The van der Waals surface area contributed by atoms with E-state index in [9.17, 15) is 0 Å². The van der Waals surface area contributed by atoms with Crippen LogP contribution < -0.4 is 0 Å². The predicted octanol–water partition coefficient (Wildman–Crippen LogP) is 1.54. The van der Waals surface area contributed by atoms with Crippen LogP contribution in [-0.2, 0) is 0 Å². The quantitative estimate of drug-likeness (QED) is 0.721. The summed E-state index contributed by atoms with van der Waals surface area (Å²) >= 11 is 0. The molecule has 0 amide bonds. The predicted molar refractivity (Wildman–Crippen MR) is 58.8 cm³/mol. The minimum Gasteiger partial charge on any atom is -0.359 e. The van der Waals surface area contributed by atoms with Crippen LogP contribution in [0.4, 0.5) is 0 Å². The number of nitrogens with zero attached hydrogens (tertiary/aromatic N) is 2. The summed E-state index contributed by atoms with van der Waals surface area (Å²) in [6.45, 7) is 6.76. The van der Waals surface area contributed by atoms with Gasteiger partial charge in [-0.15, -0.1) is 0 Å². The van der Waals surface area contributed by atoms with Gasteiger partial charge in [0.25, 0.3) is 0 Å². The molecule has 0 spiro atoms. The summed E-state index contributed by atoms with van der Waals surface area (Å²) in [6, 6.07) is 0.872. The highest BCUT2D eigenvalue weighted by atomic mass is 15.2. The molecule has 3 heteroatoms. The number of amidine groups is 1. The second-order valence-electron chi connectivity index (χ2n) is 4.40. The van der Waals surface area contributed by atoms with Crippen molar-refractivity contribution in [3.8, 4) is 0 Å². The molecule has 1 aliphatic carbocycles. The third kappa shape index (κ3) is 2.27. The Labute approximate surface area is 86.6 Å². The molecule has 0 atom stereocenters. The molecule has 1 saturated heterocycles. The fourth-order valence-corrected chi connectivity index (χ4v) is 2.26. The highest BCUT2D eigenvalue weighted by molar-refractivity contribution is 5.80. The summed E-state index contributed by atoms with van der Waals surface area (Å²) < 4.78 is 0. The molecular weight excluding hydrogens is 174 g/mol. The van der Waals surface area contributed by atoms with Gasteiger partial charge in [-0.3, -0.25) is 10.3 Å². The van der Waals surface area contributed by atoms with Crippen LogP contribution in [0.3, 0.4) is 0 Å². The molecule has 3 nitrogen and oxygen atoms in total. The lowest BCUT2D eigenvalue weighted by Crippen LogP contribution is -2.36. The van der Waals surface area contributed by atoms with Crippen LogP contribution in [0.5, 0.6) is 0 Å². The van der Waals surface area contributed by atoms with Gasteiger partial charge in [0, 0.05) is 32.1 Å². The molecule has 0 unspecified atom stereocenters. The Kier molecular flexibility index (Phi) is 3.06. The summed E-state index contributed by atoms with van der Waals surface area (Å²) in [5.74, 6) is 0.858. The molecule has 0 aromatic carbocycles. The van der Waals surface area contributed by atoms with E-state index in [1.54, 1.807) is 0 Å². The first kappa shape index (κ1) is 9.97. The van der Waals surface area contributed by atoms with Crippen LogP contribution in [0.15, 0.2) is 0 Å². The molecule has 2 aliphatic rings. The van der Waals surface area contributed by atoms with E-state index in [4.69, 9.17) is 5.41 Å². The highest BCUT2D eigenvalue weighted by Crippen LogP contribution is 2.26. The third-order valence-corrected chi connectivity index (χ3v) is 3.35. The van der Waals surface area contributed by atoms with Gasteiger partial charge in [-0.2, -0.15) is 0 Å². The second kappa shape index (κ2) is 4.30. The SMILES string of the molecule is CCN(CCN1CCCC1=N)C1CC1. The van der Waals surface area contributed by atoms with Gasteiger partial charge in [-0.25, -0.2) is 0 Å². The summed E-state index contributed by atoms with van der Waals surface area (Å²) in [5.41, 5.74) is 0. The minimum absolute atomic E-state index is 0.858. The van der Waals surface area contributed by atoms with Gasteiger partial charge in [0.05, 0.1) is 5.84 Å². The molecule has 1 saturated carbocycles. The first-order valence-corrected chi connectivity index (χ1v) is 5.87. The monoisotopic (exact) mass is 195 g/mol. The summed E-state index contributed by atoms with van der Waals surface area (Å²) in [7, 11) is 0. The van der Waals surface area contributed by atoms with Crippen LogP contribution in [0, 0.1) is 5.41 Å². The van der Waals surface area contributed by atoms with E-state index in [0.717, 1.165) is 37.9 Å². The minimum atomic E-state index is 0.858. The van der Waals surface area contributed by atoms with Crippen molar-refractivity contribution in [3.05, 3.63) is 0 Å². The van der Waals surface area contributed by atoms with Crippen molar-refractivity contribution < 1.29 is 0 Å². The van der Waals surface area contributed by atoms with Crippen molar-refractivity contribution in [2.75, 3.05) is 26.2 Å². The first-order chi connectivity index (χ1) is 6.81. The lowest BCUT2D eigenvalue weighted by atomic mass is 10.4.